The van der Waals surface area contributed by atoms with E-state index in [1.54, 1.807) is 36.2 Å². The first kappa shape index (κ1) is 18.1. The number of nitrogens with zero attached hydrogens (tertiary/aromatic N) is 4. The van der Waals surface area contributed by atoms with Crippen molar-refractivity contribution in [1.82, 2.24) is 19.9 Å². The van der Waals surface area contributed by atoms with E-state index in [2.05, 4.69) is 15.0 Å². The number of hydrogen-bond acceptors (Lipinski definition) is 6. The Morgan fingerprint density at radius 1 is 1.32 bits per heavy atom. The summed E-state index contributed by atoms with van der Waals surface area (Å²) < 4.78 is 19.0. The highest BCUT2D eigenvalue weighted by Crippen LogP contribution is 2.33. The van der Waals surface area contributed by atoms with Crippen molar-refractivity contribution in [1.29, 1.82) is 0 Å². The molecule has 1 amide bonds. The maximum absolute atomic E-state index is 13.1. The topological polar surface area (TPSA) is 98.1 Å². The molecule has 1 aromatic carbocycles. The van der Waals surface area contributed by atoms with Crippen LogP contribution in [0.25, 0.3) is 0 Å². The van der Waals surface area contributed by atoms with Crippen LogP contribution >= 0.6 is 0 Å². The number of benzene rings is 1. The molecule has 7 nitrogen and oxygen atoms in total. The summed E-state index contributed by atoms with van der Waals surface area (Å²) in [7, 11) is 0. The van der Waals surface area contributed by atoms with Crippen molar-refractivity contribution in [2.75, 3.05) is 12.3 Å². The third kappa shape index (κ3) is 3.71. The Morgan fingerprint density at radius 3 is 2.86 bits per heavy atom. The van der Waals surface area contributed by atoms with Gasteiger partial charge in [-0.2, -0.15) is 0 Å². The fourth-order valence-corrected chi connectivity index (χ4v) is 3.48. The average Bonchev–Trinajstić information content (AvgIpc) is 3.31. The molecule has 8 heteroatoms. The molecule has 0 spiro atoms. The van der Waals surface area contributed by atoms with E-state index >= 15 is 0 Å². The van der Waals surface area contributed by atoms with Crippen LogP contribution < -0.4 is 5.73 Å². The van der Waals surface area contributed by atoms with E-state index in [1.165, 1.54) is 12.1 Å². The highest BCUT2D eigenvalue weighted by atomic mass is 19.1. The minimum absolute atomic E-state index is 0.0804. The quantitative estimate of drug-likeness (QED) is 0.746. The first-order valence-corrected chi connectivity index (χ1v) is 9.11. The first-order valence-electron chi connectivity index (χ1n) is 9.11. The van der Waals surface area contributed by atoms with Crippen LogP contribution in [0.1, 0.15) is 52.3 Å². The summed E-state index contributed by atoms with van der Waals surface area (Å²) in [6.07, 6.45) is 3.79. The Labute approximate surface area is 161 Å². The Hall–Kier alpha value is -3.29. The molecule has 0 unspecified atom stereocenters. The molecular weight excluding hydrogens is 361 g/mol. The molecular formula is C20H20FN5O2. The van der Waals surface area contributed by atoms with E-state index in [0.717, 1.165) is 18.4 Å². The number of carbonyl (C=O) groups excluding carboxylic acids is 1. The summed E-state index contributed by atoms with van der Waals surface area (Å²) in [6.45, 7) is 2.37. The molecule has 28 heavy (non-hydrogen) atoms. The van der Waals surface area contributed by atoms with Crippen LogP contribution in [0, 0.1) is 12.7 Å². The van der Waals surface area contributed by atoms with Gasteiger partial charge in [0.25, 0.3) is 5.91 Å². The van der Waals surface area contributed by atoms with E-state index in [-0.39, 0.29) is 29.4 Å². The lowest BCUT2D eigenvalue weighted by molar-refractivity contribution is 0.0708. The summed E-state index contributed by atoms with van der Waals surface area (Å²) in [6, 6.07) is 7.64. The van der Waals surface area contributed by atoms with Gasteiger partial charge in [0.2, 0.25) is 11.8 Å². The number of carbonyl (C=O) groups is 1. The van der Waals surface area contributed by atoms with Crippen LogP contribution in [0.3, 0.4) is 0 Å². The lowest BCUT2D eigenvalue weighted by Crippen LogP contribution is -2.31. The van der Waals surface area contributed by atoms with Crippen LogP contribution in [-0.4, -0.2) is 32.3 Å². The average molecular weight is 381 g/mol. The van der Waals surface area contributed by atoms with Crippen LogP contribution in [0.2, 0.25) is 0 Å². The van der Waals surface area contributed by atoms with Gasteiger partial charge in [-0.25, -0.2) is 19.3 Å². The molecule has 1 fully saturated rings. The second-order valence-corrected chi connectivity index (χ2v) is 6.88. The molecule has 1 atom stereocenters. The molecule has 1 aliphatic rings. The van der Waals surface area contributed by atoms with Gasteiger partial charge in [0.05, 0.1) is 6.20 Å². The monoisotopic (exact) mass is 381 g/mol. The van der Waals surface area contributed by atoms with Crippen molar-refractivity contribution < 1.29 is 13.6 Å². The number of nitrogen functional groups attached to an aromatic ring is 1. The van der Waals surface area contributed by atoms with Crippen molar-refractivity contribution in [3.05, 3.63) is 70.9 Å². The summed E-state index contributed by atoms with van der Waals surface area (Å²) in [5.41, 5.74) is 7.52. The lowest BCUT2D eigenvalue weighted by Gasteiger charge is -2.22. The predicted octanol–water partition coefficient (Wildman–Crippen LogP) is 3.06. The number of hydrogen-bond donors (Lipinski definition) is 1. The fourth-order valence-electron chi connectivity index (χ4n) is 3.48. The fraction of sp³-hybridized carbons (Fsp3) is 0.300. The molecule has 3 aromatic rings. The number of halogens is 1. The lowest BCUT2D eigenvalue weighted by atomic mass is 10.1. The SMILES string of the molecule is Cc1cc(C(=O)N2CCC[C@H]2c2ncc(Cc3ccc(F)cc3)o2)nc(N)n1. The Kier molecular flexibility index (Phi) is 4.77. The number of likely N-dealkylation sites (tertiary alicyclic amines) is 1. The maximum atomic E-state index is 13.1. The first-order chi connectivity index (χ1) is 13.5. The molecule has 1 aliphatic heterocycles. The second-order valence-electron chi connectivity index (χ2n) is 6.88. The minimum Gasteiger partial charge on any atom is -0.443 e. The number of anilines is 1. The van der Waals surface area contributed by atoms with Gasteiger partial charge in [0.15, 0.2) is 0 Å². The van der Waals surface area contributed by atoms with Gasteiger partial charge in [-0.05, 0) is 43.5 Å². The molecule has 3 heterocycles. The zero-order valence-electron chi connectivity index (χ0n) is 15.4. The van der Waals surface area contributed by atoms with Crippen LogP contribution in [0.5, 0.6) is 0 Å². The van der Waals surface area contributed by atoms with Gasteiger partial charge in [0, 0.05) is 18.7 Å². The minimum atomic E-state index is -0.275. The van der Waals surface area contributed by atoms with E-state index in [1.807, 2.05) is 0 Å². The van der Waals surface area contributed by atoms with Gasteiger partial charge >= 0.3 is 0 Å². The number of amides is 1. The van der Waals surface area contributed by atoms with Crippen LogP contribution in [0.15, 0.2) is 40.9 Å². The standard InChI is InChI=1S/C20H20FN5O2/c1-12-9-16(25-20(22)24-12)19(27)26-8-2-3-17(26)18-23-11-15(28-18)10-13-4-6-14(21)7-5-13/h4-7,9,11,17H,2-3,8,10H2,1H3,(H2,22,24,25)/t17-/m0/s1. The summed E-state index contributed by atoms with van der Waals surface area (Å²) in [5, 5.41) is 0. The number of aromatic nitrogens is 3. The highest BCUT2D eigenvalue weighted by molar-refractivity contribution is 5.93. The van der Waals surface area contributed by atoms with Crippen molar-refractivity contribution in [3.8, 4) is 0 Å². The van der Waals surface area contributed by atoms with Gasteiger partial charge in [-0.15, -0.1) is 0 Å². The number of oxazole rings is 1. The van der Waals surface area contributed by atoms with Crippen molar-refractivity contribution >= 4 is 11.9 Å². The zero-order chi connectivity index (χ0) is 19.7. The van der Waals surface area contributed by atoms with Gasteiger partial charge in [0.1, 0.15) is 23.3 Å². The summed E-state index contributed by atoms with van der Waals surface area (Å²) >= 11 is 0. The summed E-state index contributed by atoms with van der Waals surface area (Å²) in [5.74, 6) is 0.766. The van der Waals surface area contributed by atoms with Crippen LogP contribution in [-0.2, 0) is 6.42 Å². The summed E-state index contributed by atoms with van der Waals surface area (Å²) in [4.78, 5) is 27.1. The van der Waals surface area contributed by atoms with Crippen LogP contribution in [0.4, 0.5) is 10.3 Å². The molecule has 144 valence electrons. The highest BCUT2D eigenvalue weighted by Gasteiger charge is 2.34. The smallest absolute Gasteiger partial charge is 0.273 e. The molecule has 2 aromatic heterocycles. The maximum Gasteiger partial charge on any atom is 0.273 e. The molecule has 2 N–H and O–H groups in total. The third-order valence-corrected chi connectivity index (χ3v) is 4.75. The Bertz CT molecular complexity index is 982. The molecule has 4 rings (SSSR count). The van der Waals surface area contributed by atoms with Crippen molar-refractivity contribution in [3.63, 3.8) is 0 Å². The second kappa shape index (κ2) is 7.38. The number of nitrogens with two attached hydrogens (primary N) is 1. The third-order valence-electron chi connectivity index (χ3n) is 4.75. The molecule has 0 aliphatic carbocycles. The van der Waals surface area contributed by atoms with E-state index in [9.17, 15) is 9.18 Å². The van der Waals surface area contributed by atoms with Crippen molar-refractivity contribution in [2.24, 2.45) is 0 Å². The molecule has 0 saturated carbocycles. The largest absolute Gasteiger partial charge is 0.443 e. The normalized spacial score (nSPS) is 16.5. The van der Waals surface area contributed by atoms with Gasteiger partial charge in [-0.1, -0.05) is 12.1 Å². The molecule has 0 radical (unpaired) electrons. The predicted molar refractivity (Wildman–Crippen MR) is 99.9 cm³/mol. The van der Waals surface area contributed by atoms with Crippen molar-refractivity contribution in [2.45, 2.75) is 32.2 Å². The van der Waals surface area contributed by atoms with E-state index < -0.39 is 0 Å². The van der Waals surface area contributed by atoms with Gasteiger partial charge < -0.3 is 15.1 Å². The van der Waals surface area contributed by atoms with Gasteiger partial charge in [-0.3, -0.25) is 4.79 Å². The van der Waals surface area contributed by atoms with E-state index in [0.29, 0.717) is 30.3 Å². The van der Waals surface area contributed by atoms with E-state index in [4.69, 9.17) is 10.2 Å². The Morgan fingerprint density at radius 2 is 2.11 bits per heavy atom. The Balaban J connectivity index is 1.52. The number of aryl methyl sites for hydroxylation is 1. The molecule has 1 saturated heterocycles. The zero-order valence-corrected chi connectivity index (χ0v) is 15.4. The number of rotatable bonds is 4. The molecule has 0 bridgehead atoms.